The fourth-order valence-corrected chi connectivity index (χ4v) is 2.87. The van der Waals surface area contributed by atoms with Crippen molar-refractivity contribution in [2.45, 2.75) is 26.3 Å². The van der Waals surface area contributed by atoms with E-state index in [2.05, 4.69) is 41.3 Å². The van der Waals surface area contributed by atoms with Crippen molar-refractivity contribution >= 4 is 17.4 Å². The summed E-state index contributed by atoms with van der Waals surface area (Å²) in [5.41, 5.74) is 3.39. The Bertz CT molecular complexity index is 892. The summed E-state index contributed by atoms with van der Waals surface area (Å²) < 4.78 is 0. The third-order valence-corrected chi connectivity index (χ3v) is 4.36. The van der Waals surface area contributed by atoms with Crippen molar-refractivity contribution in [2.75, 3.05) is 17.3 Å². The fraction of sp³-hybridized carbons (Fsp3) is 0.227. The molecule has 0 radical (unpaired) electrons. The van der Waals surface area contributed by atoms with Gasteiger partial charge >= 0.3 is 0 Å². The van der Waals surface area contributed by atoms with Crippen LogP contribution in [-0.4, -0.2) is 22.9 Å². The van der Waals surface area contributed by atoms with Crippen molar-refractivity contribution in [1.82, 2.24) is 9.97 Å². The van der Waals surface area contributed by atoms with E-state index >= 15 is 0 Å². The molecule has 1 amide bonds. The van der Waals surface area contributed by atoms with E-state index in [1.807, 2.05) is 54.4 Å². The van der Waals surface area contributed by atoms with Gasteiger partial charge in [0.2, 0.25) is 0 Å². The number of carbonyl (C=O) groups excluding carboxylic acids is 1. The van der Waals surface area contributed by atoms with E-state index in [4.69, 9.17) is 0 Å². The number of carbonyl (C=O) groups is 1. The van der Waals surface area contributed by atoms with Gasteiger partial charge in [-0.2, -0.15) is 0 Å². The highest BCUT2D eigenvalue weighted by molar-refractivity contribution is 6.03. The average Bonchev–Trinajstić information content (AvgIpc) is 2.69. The maximum Gasteiger partial charge on any atom is 0.275 e. The van der Waals surface area contributed by atoms with Crippen LogP contribution in [0.15, 0.2) is 67.0 Å². The normalized spacial score (nSPS) is 10.7. The smallest absolute Gasteiger partial charge is 0.275 e. The second-order valence-corrected chi connectivity index (χ2v) is 6.80. The molecular formula is C22H24N4O. The van der Waals surface area contributed by atoms with E-state index in [9.17, 15) is 4.79 Å². The SMILES string of the molecule is CC(C)c1ccccc1NC(=O)c1cnc(N(C)Cc2ccccc2)cn1. The lowest BCUT2D eigenvalue weighted by atomic mass is 10.0. The van der Waals surface area contributed by atoms with Crippen LogP contribution >= 0.6 is 0 Å². The minimum Gasteiger partial charge on any atom is -0.354 e. The summed E-state index contributed by atoms with van der Waals surface area (Å²) in [6, 6.07) is 18.0. The molecule has 0 aliphatic heterocycles. The first-order valence-corrected chi connectivity index (χ1v) is 9.02. The van der Waals surface area contributed by atoms with Crippen molar-refractivity contribution in [3.8, 4) is 0 Å². The molecule has 0 fully saturated rings. The second kappa shape index (κ2) is 8.45. The second-order valence-electron chi connectivity index (χ2n) is 6.80. The van der Waals surface area contributed by atoms with Crippen LogP contribution in [0.5, 0.6) is 0 Å². The molecule has 138 valence electrons. The van der Waals surface area contributed by atoms with Crippen molar-refractivity contribution < 1.29 is 4.79 Å². The van der Waals surface area contributed by atoms with Crippen molar-refractivity contribution in [2.24, 2.45) is 0 Å². The highest BCUT2D eigenvalue weighted by Crippen LogP contribution is 2.24. The lowest BCUT2D eigenvalue weighted by Crippen LogP contribution is -2.20. The molecule has 5 nitrogen and oxygen atoms in total. The fourth-order valence-electron chi connectivity index (χ4n) is 2.87. The van der Waals surface area contributed by atoms with Gasteiger partial charge in [-0.15, -0.1) is 0 Å². The van der Waals surface area contributed by atoms with Crippen molar-refractivity contribution in [3.05, 3.63) is 83.8 Å². The van der Waals surface area contributed by atoms with Gasteiger partial charge in [0.25, 0.3) is 5.91 Å². The Morgan fingerprint density at radius 3 is 2.37 bits per heavy atom. The lowest BCUT2D eigenvalue weighted by molar-refractivity contribution is 0.102. The van der Waals surface area contributed by atoms with Gasteiger partial charge in [-0.1, -0.05) is 62.4 Å². The molecule has 1 N–H and O–H groups in total. The standard InChI is InChI=1S/C22H24N4O/c1-16(2)18-11-7-8-12-19(18)25-22(27)20-13-24-21(14-23-20)26(3)15-17-9-5-4-6-10-17/h4-14,16H,15H2,1-3H3,(H,25,27). The number of rotatable bonds is 6. The summed E-state index contributed by atoms with van der Waals surface area (Å²) in [6.07, 6.45) is 3.15. The molecule has 5 heteroatoms. The van der Waals surface area contributed by atoms with Crippen LogP contribution < -0.4 is 10.2 Å². The third-order valence-electron chi connectivity index (χ3n) is 4.36. The van der Waals surface area contributed by atoms with Crippen LogP contribution in [0.2, 0.25) is 0 Å². The van der Waals surface area contributed by atoms with Gasteiger partial charge < -0.3 is 10.2 Å². The maximum absolute atomic E-state index is 12.5. The topological polar surface area (TPSA) is 58.1 Å². The summed E-state index contributed by atoms with van der Waals surface area (Å²) >= 11 is 0. The predicted octanol–water partition coefficient (Wildman–Crippen LogP) is 4.49. The van der Waals surface area contributed by atoms with Gasteiger partial charge in [0.15, 0.2) is 0 Å². The number of anilines is 2. The van der Waals surface area contributed by atoms with Gasteiger partial charge in [-0.05, 0) is 23.1 Å². The lowest BCUT2D eigenvalue weighted by Gasteiger charge is -2.18. The predicted molar refractivity (Wildman–Crippen MR) is 109 cm³/mol. The van der Waals surface area contributed by atoms with E-state index < -0.39 is 0 Å². The highest BCUT2D eigenvalue weighted by atomic mass is 16.1. The molecular weight excluding hydrogens is 336 g/mol. The molecule has 27 heavy (non-hydrogen) atoms. The number of nitrogens with zero attached hydrogens (tertiary/aromatic N) is 3. The van der Waals surface area contributed by atoms with Gasteiger partial charge in [0.05, 0.1) is 12.4 Å². The summed E-state index contributed by atoms with van der Waals surface area (Å²) in [4.78, 5) is 23.2. The van der Waals surface area contributed by atoms with Gasteiger partial charge in [-0.25, -0.2) is 9.97 Å². The van der Waals surface area contributed by atoms with Gasteiger partial charge in [-0.3, -0.25) is 4.79 Å². The van der Waals surface area contributed by atoms with Crippen LogP contribution in [0.3, 0.4) is 0 Å². The molecule has 1 heterocycles. The molecule has 0 saturated carbocycles. The van der Waals surface area contributed by atoms with Crippen LogP contribution in [0.1, 0.15) is 41.4 Å². The van der Waals surface area contributed by atoms with Crippen LogP contribution in [0.4, 0.5) is 11.5 Å². The van der Waals surface area contributed by atoms with Crippen LogP contribution in [-0.2, 0) is 6.54 Å². The van der Waals surface area contributed by atoms with Gasteiger partial charge in [0.1, 0.15) is 11.5 Å². The van der Waals surface area contributed by atoms with Crippen LogP contribution in [0, 0.1) is 0 Å². The molecule has 0 bridgehead atoms. The largest absolute Gasteiger partial charge is 0.354 e. The first-order chi connectivity index (χ1) is 13.0. The Morgan fingerprint density at radius 1 is 1.00 bits per heavy atom. The maximum atomic E-state index is 12.5. The quantitative estimate of drug-likeness (QED) is 0.704. The zero-order valence-corrected chi connectivity index (χ0v) is 15.9. The molecule has 0 aliphatic rings. The number of hydrogen-bond acceptors (Lipinski definition) is 4. The molecule has 0 saturated heterocycles. The number of para-hydroxylation sites is 1. The Labute approximate surface area is 160 Å². The highest BCUT2D eigenvalue weighted by Gasteiger charge is 2.13. The summed E-state index contributed by atoms with van der Waals surface area (Å²) in [5, 5.41) is 2.94. The number of benzene rings is 2. The molecule has 0 unspecified atom stereocenters. The number of nitrogens with one attached hydrogen (secondary N) is 1. The van der Waals surface area contributed by atoms with E-state index in [-0.39, 0.29) is 5.91 Å². The van der Waals surface area contributed by atoms with E-state index in [1.165, 1.54) is 11.8 Å². The molecule has 0 atom stereocenters. The monoisotopic (exact) mass is 360 g/mol. The molecule has 1 aromatic heterocycles. The minimum absolute atomic E-state index is 0.257. The number of hydrogen-bond donors (Lipinski definition) is 1. The molecule has 3 aromatic rings. The summed E-state index contributed by atoms with van der Waals surface area (Å²) in [5.74, 6) is 0.785. The zero-order valence-electron chi connectivity index (χ0n) is 15.9. The third kappa shape index (κ3) is 4.70. The Kier molecular flexibility index (Phi) is 5.81. The van der Waals surface area contributed by atoms with Crippen molar-refractivity contribution in [3.63, 3.8) is 0 Å². The molecule has 0 spiro atoms. The first-order valence-electron chi connectivity index (χ1n) is 9.02. The average molecular weight is 360 g/mol. The van der Waals surface area contributed by atoms with Crippen molar-refractivity contribution in [1.29, 1.82) is 0 Å². The Hall–Kier alpha value is -3.21. The summed E-state index contributed by atoms with van der Waals surface area (Å²) in [7, 11) is 1.95. The summed E-state index contributed by atoms with van der Waals surface area (Å²) in [6.45, 7) is 4.92. The van der Waals surface area contributed by atoms with E-state index in [0.29, 0.717) is 11.6 Å². The number of aromatic nitrogens is 2. The Balaban J connectivity index is 1.69. The van der Waals surface area contributed by atoms with E-state index in [0.717, 1.165) is 23.6 Å². The number of amides is 1. The minimum atomic E-state index is -0.257. The molecule has 2 aromatic carbocycles. The zero-order chi connectivity index (χ0) is 19.2. The van der Waals surface area contributed by atoms with E-state index in [1.54, 1.807) is 6.20 Å². The molecule has 3 rings (SSSR count). The first kappa shape index (κ1) is 18.6. The van der Waals surface area contributed by atoms with Gasteiger partial charge in [0, 0.05) is 19.3 Å². The molecule has 0 aliphatic carbocycles. The Morgan fingerprint density at radius 2 is 1.70 bits per heavy atom. The van der Waals surface area contributed by atoms with Crippen LogP contribution in [0.25, 0.3) is 0 Å².